The van der Waals surface area contributed by atoms with Crippen molar-refractivity contribution in [2.24, 2.45) is 5.92 Å². The van der Waals surface area contributed by atoms with Gasteiger partial charge in [0.05, 0.1) is 11.6 Å². The van der Waals surface area contributed by atoms with Crippen LogP contribution in [-0.2, 0) is 0 Å². The number of hydrogen-bond acceptors (Lipinski definition) is 2. The zero-order chi connectivity index (χ0) is 14.0. The molecule has 1 aliphatic heterocycles. The van der Waals surface area contributed by atoms with Crippen molar-refractivity contribution in [3.63, 3.8) is 0 Å². The van der Waals surface area contributed by atoms with Gasteiger partial charge in [-0.2, -0.15) is 0 Å². The Labute approximate surface area is 125 Å². The third kappa shape index (κ3) is 3.36. The van der Waals surface area contributed by atoms with Crippen LogP contribution in [0.5, 0.6) is 5.75 Å². The Bertz CT molecular complexity index is 448. The van der Waals surface area contributed by atoms with E-state index >= 15 is 0 Å². The van der Waals surface area contributed by atoms with E-state index in [1.807, 2.05) is 6.07 Å². The third-order valence-electron chi connectivity index (χ3n) is 3.73. The summed E-state index contributed by atoms with van der Waals surface area (Å²) < 4.78 is 5.68. The largest absolute Gasteiger partial charge is 0.492 e. The van der Waals surface area contributed by atoms with Gasteiger partial charge < -0.3 is 10.1 Å². The summed E-state index contributed by atoms with van der Waals surface area (Å²) in [7, 11) is 0. The zero-order valence-corrected chi connectivity index (χ0v) is 13.2. The van der Waals surface area contributed by atoms with Crippen LogP contribution in [0.2, 0.25) is 10.0 Å². The molecule has 0 bridgehead atoms. The average Bonchev–Trinajstić information content (AvgIpc) is 2.35. The first-order valence-electron chi connectivity index (χ1n) is 6.90. The predicted molar refractivity (Wildman–Crippen MR) is 81.4 cm³/mol. The fourth-order valence-corrected chi connectivity index (χ4v) is 3.20. The highest BCUT2D eigenvalue weighted by atomic mass is 35.5. The summed E-state index contributed by atoms with van der Waals surface area (Å²) in [4.78, 5) is 0. The summed E-state index contributed by atoms with van der Waals surface area (Å²) in [5.41, 5.74) is 1.09. The third-order valence-corrected chi connectivity index (χ3v) is 4.22. The van der Waals surface area contributed by atoms with Crippen molar-refractivity contribution in [2.75, 3.05) is 6.61 Å². The first-order valence-corrected chi connectivity index (χ1v) is 7.66. The summed E-state index contributed by atoms with van der Waals surface area (Å²) in [6, 6.07) is 4.47. The Morgan fingerprint density at radius 1 is 1.37 bits per heavy atom. The maximum absolute atomic E-state index is 6.21. The van der Waals surface area contributed by atoms with Crippen LogP contribution in [0, 0.1) is 5.92 Å². The molecule has 106 valence electrons. The number of halogens is 2. The van der Waals surface area contributed by atoms with Crippen molar-refractivity contribution in [3.05, 3.63) is 27.7 Å². The molecule has 0 amide bonds. The van der Waals surface area contributed by atoms with Crippen molar-refractivity contribution < 1.29 is 4.74 Å². The standard InChI is InChI=1S/C15H21Cl2NO/c1-4-13(9(2)3)18-14-5-6-19-15-11(14)7-10(16)8-12(15)17/h7-9,13-14,18H,4-6H2,1-3H3. The van der Waals surface area contributed by atoms with Gasteiger partial charge in [-0.3, -0.25) is 0 Å². The molecule has 1 aromatic carbocycles. The second kappa shape index (κ2) is 6.34. The molecule has 0 aliphatic carbocycles. The quantitative estimate of drug-likeness (QED) is 0.859. The number of benzene rings is 1. The first kappa shape index (κ1) is 15.0. The number of fused-ring (bicyclic) bond motifs is 1. The summed E-state index contributed by atoms with van der Waals surface area (Å²) in [5.74, 6) is 1.39. The fourth-order valence-electron chi connectivity index (χ4n) is 2.64. The summed E-state index contributed by atoms with van der Waals surface area (Å²) in [6.07, 6.45) is 2.06. The van der Waals surface area contributed by atoms with Crippen molar-refractivity contribution in [1.82, 2.24) is 5.32 Å². The van der Waals surface area contributed by atoms with Gasteiger partial charge in [-0.25, -0.2) is 0 Å². The lowest BCUT2D eigenvalue weighted by atomic mass is 9.95. The van der Waals surface area contributed by atoms with E-state index in [2.05, 4.69) is 26.1 Å². The molecule has 0 spiro atoms. The molecule has 1 heterocycles. The van der Waals surface area contributed by atoms with E-state index in [9.17, 15) is 0 Å². The lowest BCUT2D eigenvalue weighted by molar-refractivity contribution is 0.232. The topological polar surface area (TPSA) is 21.3 Å². The summed E-state index contributed by atoms with van der Waals surface area (Å²) >= 11 is 12.3. The van der Waals surface area contributed by atoms with Crippen molar-refractivity contribution in [2.45, 2.75) is 45.7 Å². The van der Waals surface area contributed by atoms with Gasteiger partial charge in [0, 0.05) is 29.1 Å². The molecule has 0 radical (unpaired) electrons. The second-order valence-electron chi connectivity index (χ2n) is 5.42. The van der Waals surface area contributed by atoms with E-state index in [4.69, 9.17) is 27.9 Å². The number of nitrogens with one attached hydrogen (secondary N) is 1. The molecule has 2 rings (SSSR count). The van der Waals surface area contributed by atoms with Gasteiger partial charge in [0.2, 0.25) is 0 Å². The van der Waals surface area contributed by atoms with Gasteiger partial charge >= 0.3 is 0 Å². The normalized spacial score (nSPS) is 20.0. The van der Waals surface area contributed by atoms with Gasteiger partial charge in [-0.1, -0.05) is 44.0 Å². The average molecular weight is 302 g/mol. The van der Waals surface area contributed by atoms with Crippen LogP contribution in [0.3, 0.4) is 0 Å². The lowest BCUT2D eigenvalue weighted by Crippen LogP contribution is -2.38. The molecule has 19 heavy (non-hydrogen) atoms. The van der Waals surface area contributed by atoms with Crippen LogP contribution < -0.4 is 10.1 Å². The van der Waals surface area contributed by atoms with Gasteiger partial charge in [0.1, 0.15) is 5.75 Å². The molecular weight excluding hydrogens is 281 g/mol. The molecule has 2 nitrogen and oxygen atoms in total. The van der Waals surface area contributed by atoms with Crippen LogP contribution in [-0.4, -0.2) is 12.6 Å². The molecule has 2 atom stereocenters. The minimum absolute atomic E-state index is 0.271. The molecule has 0 saturated carbocycles. The van der Waals surface area contributed by atoms with E-state index in [0.717, 1.165) is 24.2 Å². The van der Waals surface area contributed by atoms with Gasteiger partial charge in [0.25, 0.3) is 0 Å². The maximum Gasteiger partial charge on any atom is 0.142 e. The van der Waals surface area contributed by atoms with E-state index in [0.29, 0.717) is 28.6 Å². The van der Waals surface area contributed by atoms with Gasteiger partial charge in [-0.15, -0.1) is 0 Å². The molecular formula is C15H21Cl2NO. The maximum atomic E-state index is 6.21. The fraction of sp³-hybridized carbons (Fsp3) is 0.600. The van der Waals surface area contributed by atoms with E-state index < -0.39 is 0 Å². The zero-order valence-electron chi connectivity index (χ0n) is 11.7. The highest BCUT2D eigenvalue weighted by Gasteiger charge is 2.26. The molecule has 4 heteroatoms. The first-order chi connectivity index (χ1) is 9.02. The van der Waals surface area contributed by atoms with Crippen LogP contribution >= 0.6 is 23.2 Å². The van der Waals surface area contributed by atoms with Crippen LogP contribution in [0.25, 0.3) is 0 Å². The molecule has 0 aromatic heterocycles. The van der Waals surface area contributed by atoms with Crippen molar-refractivity contribution >= 4 is 23.2 Å². The number of ether oxygens (including phenoxy) is 1. The Kier molecular flexibility index (Phi) is 4.99. The van der Waals surface area contributed by atoms with Crippen molar-refractivity contribution in [3.8, 4) is 5.75 Å². The Morgan fingerprint density at radius 3 is 2.74 bits per heavy atom. The van der Waals surface area contributed by atoms with Crippen LogP contribution in [0.15, 0.2) is 12.1 Å². The number of rotatable bonds is 4. The highest BCUT2D eigenvalue weighted by molar-refractivity contribution is 6.35. The van der Waals surface area contributed by atoms with Gasteiger partial charge in [-0.05, 0) is 24.5 Å². The molecule has 0 saturated heterocycles. The van der Waals surface area contributed by atoms with Crippen LogP contribution in [0.4, 0.5) is 0 Å². The lowest BCUT2D eigenvalue weighted by Gasteiger charge is -2.32. The smallest absolute Gasteiger partial charge is 0.142 e. The van der Waals surface area contributed by atoms with Crippen molar-refractivity contribution in [1.29, 1.82) is 0 Å². The van der Waals surface area contributed by atoms with Crippen LogP contribution in [0.1, 0.15) is 45.2 Å². The minimum atomic E-state index is 0.271. The minimum Gasteiger partial charge on any atom is -0.492 e. The van der Waals surface area contributed by atoms with Gasteiger partial charge in [0.15, 0.2) is 0 Å². The summed E-state index contributed by atoms with van der Waals surface area (Å²) in [6.45, 7) is 7.39. The van der Waals surface area contributed by atoms with E-state index in [-0.39, 0.29) is 6.04 Å². The Morgan fingerprint density at radius 2 is 2.11 bits per heavy atom. The monoisotopic (exact) mass is 301 g/mol. The molecule has 0 fully saturated rings. The molecule has 1 N–H and O–H groups in total. The Balaban J connectivity index is 2.26. The molecule has 1 aromatic rings. The molecule has 2 unspecified atom stereocenters. The predicted octanol–water partition coefficient (Wildman–Crippen LogP) is 4.84. The SMILES string of the molecule is CCC(NC1CCOc2c(Cl)cc(Cl)cc21)C(C)C. The second-order valence-corrected chi connectivity index (χ2v) is 6.26. The molecule has 1 aliphatic rings. The summed E-state index contributed by atoms with van der Waals surface area (Å²) in [5, 5.41) is 4.99. The number of hydrogen-bond donors (Lipinski definition) is 1. The Hall–Kier alpha value is -0.440. The highest BCUT2D eigenvalue weighted by Crippen LogP contribution is 2.40. The van der Waals surface area contributed by atoms with E-state index in [1.165, 1.54) is 0 Å². The van der Waals surface area contributed by atoms with E-state index in [1.54, 1.807) is 6.07 Å².